The molecule has 138 valence electrons. The first-order chi connectivity index (χ1) is 12.7. The van der Waals surface area contributed by atoms with Crippen LogP contribution >= 0.6 is 0 Å². The van der Waals surface area contributed by atoms with Gasteiger partial charge in [-0.25, -0.2) is 9.98 Å². The SMILES string of the molecule is COc1ccc(NC(N)=NCc2ccc(N3CCCC3)nc2)cc1OC. The standard InChI is InChI=1S/C19H25N5O2/c1-25-16-7-6-15(11-17(16)26-2)23-19(20)22-13-14-5-8-18(21-12-14)24-9-3-4-10-24/h5-8,11-12H,3-4,9-10,13H2,1-2H3,(H3,20,22,23). The first-order valence-electron chi connectivity index (χ1n) is 8.68. The van der Waals surface area contributed by atoms with Crippen LogP contribution in [0.1, 0.15) is 18.4 Å². The highest BCUT2D eigenvalue weighted by Crippen LogP contribution is 2.29. The zero-order valence-corrected chi connectivity index (χ0v) is 15.2. The van der Waals surface area contributed by atoms with E-state index in [4.69, 9.17) is 15.2 Å². The van der Waals surface area contributed by atoms with Gasteiger partial charge in [0.2, 0.25) is 0 Å². The fraction of sp³-hybridized carbons (Fsp3) is 0.368. The summed E-state index contributed by atoms with van der Waals surface area (Å²) in [5.74, 6) is 2.66. The smallest absolute Gasteiger partial charge is 0.193 e. The van der Waals surface area contributed by atoms with Crippen molar-refractivity contribution in [2.24, 2.45) is 10.7 Å². The van der Waals surface area contributed by atoms with Crippen molar-refractivity contribution >= 4 is 17.5 Å². The van der Waals surface area contributed by atoms with Gasteiger partial charge in [0.05, 0.1) is 20.8 Å². The topological polar surface area (TPSA) is 85.0 Å². The third-order valence-corrected chi connectivity index (χ3v) is 4.33. The van der Waals surface area contributed by atoms with E-state index in [1.807, 2.05) is 36.5 Å². The second-order valence-corrected chi connectivity index (χ2v) is 6.12. The maximum atomic E-state index is 5.98. The minimum Gasteiger partial charge on any atom is -0.493 e. The number of rotatable bonds is 6. The number of nitrogens with two attached hydrogens (primary N) is 1. The highest BCUT2D eigenvalue weighted by Gasteiger charge is 2.12. The fourth-order valence-corrected chi connectivity index (χ4v) is 2.92. The first kappa shape index (κ1) is 17.8. The Hall–Kier alpha value is -2.96. The Kier molecular flexibility index (Phi) is 5.78. The molecule has 0 radical (unpaired) electrons. The quantitative estimate of drug-likeness (QED) is 0.612. The van der Waals surface area contributed by atoms with Crippen LogP contribution < -0.4 is 25.4 Å². The van der Waals surface area contributed by atoms with Crippen molar-refractivity contribution < 1.29 is 9.47 Å². The summed E-state index contributed by atoms with van der Waals surface area (Å²) >= 11 is 0. The summed E-state index contributed by atoms with van der Waals surface area (Å²) < 4.78 is 10.5. The molecule has 0 spiro atoms. The van der Waals surface area contributed by atoms with Crippen molar-refractivity contribution in [2.45, 2.75) is 19.4 Å². The number of guanidine groups is 1. The van der Waals surface area contributed by atoms with Crippen LogP contribution in [0.5, 0.6) is 11.5 Å². The van der Waals surface area contributed by atoms with Crippen molar-refractivity contribution in [3.05, 3.63) is 42.1 Å². The van der Waals surface area contributed by atoms with E-state index in [0.717, 1.165) is 30.2 Å². The van der Waals surface area contributed by atoms with E-state index >= 15 is 0 Å². The van der Waals surface area contributed by atoms with Crippen LogP contribution in [0.4, 0.5) is 11.5 Å². The van der Waals surface area contributed by atoms with Crippen LogP contribution in [0, 0.1) is 0 Å². The second-order valence-electron chi connectivity index (χ2n) is 6.12. The maximum Gasteiger partial charge on any atom is 0.193 e. The summed E-state index contributed by atoms with van der Waals surface area (Å²) in [6.45, 7) is 2.65. The lowest BCUT2D eigenvalue weighted by Crippen LogP contribution is -2.22. The van der Waals surface area contributed by atoms with Gasteiger partial charge in [-0.3, -0.25) is 0 Å². The van der Waals surface area contributed by atoms with Crippen LogP contribution in [0.3, 0.4) is 0 Å². The molecule has 3 N–H and O–H groups in total. The molecule has 3 rings (SSSR count). The van der Waals surface area contributed by atoms with E-state index in [1.165, 1.54) is 12.8 Å². The number of hydrogen-bond acceptors (Lipinski definition) is 5. The number of aromatic nitrogens is 1. The highest BCUT2D eigenvalue weighted by atomic mass is 16.5. The van der Waals surface area contributed by atoms with Crippen LogP contribution in [-0.2, 0) is 6.54 Å². The maximum absolute atomic E-state index is 5.98. The molecule has 7 nitrogen and oxygen atoms in total. The molecule has 1 aliphatic heterocycles. The Balaban J connectivity index is 1.59. The van der Waals surface area contributed by atoms with Gasteiger partial charge in [0, 0.05) is 31.0 Å². The second kappa shape index (κ2) is 8.42. The van der Waals surface area contributed by atoms with Crippen molar-refractivity contribution in [3.63, 3.8) is 0 Å². The number of methoxy groups -OCH3 is 2. The molecule has 0 amide bonds. The van der Waals surface area contributed by atoms with E-state index < -0.39 is 0 Å². The Labute approximate surface area is 153 Å². The van der Waals surface area contributed by atoms with E-state index in [-0.39, 0.29) is 0 Å². The molecular weight excluding hydrogens is 330 g/mol. The highest BCUT2D eigenvalue weighted by molar-refractivity contribution is 5.92. The minimum absolute atomic E-state index is 0.334. The molecule has 2 aromatic rings. The molecule has 1 saturated heterocycles. The molecule has 0 aliphatic carbocycles. The molecule has 0 saturated carbocycles. The number of nitrogens with zero attached hydrogens (tertiary/aromatic N) is 3. The number of nitrogens with one attached hydrogen (secondary N) is 1. The summed E-state index contributed by atoms with van der Waals surface area (Å²) in [6, 6.07) is 9.58. The number of pyridine rings is 1. The predicted octanol–water partition coefficient (Wildman–Crippen LogP) is 2.63. The zero-order chi connectivity index (χ0) is 18.4. The summed E-state index contributed by atoms with van der Waals surface area (Å²) in [5.41, 5.74) is 7.79. The first-order valence-corrected chi connectivity index (χ1v) is 8.68. The molecule has 0 atom stereocenters. The molecule has 0 bridgehead atoms. The molecule has 0 unspecified atom stereocenters. The van der Waals surface area contributed by atoms with E-state index in [9.17, 15) is 0 Å². The van der Waals surface area contributed by atoms with Crippen molar-refractivity contribution in [3.8, 4) is 11.5 Å². The largest absolute Gasteiger partial charge is 0.493 e. The molecule has 2 heterocycles. The minimum atomic E-state index is 0.334. The lowest BCUT2D eigenvalue weighted by Gasteiger charge is -2.16. The van der Waals surface area contributed by atoms with Crippen LogP contribution in [-0.4, -0.2) is 38.3 Å². The Morgan fingerprint density at radius 3 is 2.58 bits per heavy atom. The molecule has 26 heavy (non-hydrogen) atoms. The number of anilines is 2. The average Bonchev–Trinajstić information content (AvgIpc) is 3.21. The van der Waals surface area contributed by atoms with Gasteiger partial charge < -0.3 is 25.4 Å². The fourth-order valence-electron chi connectivity index (χ4n) is 2.92. The van der Waals surface area contributed by atoms with Gasteiger partial charge in [0.25, 0.3) is 0 Å². The summed E-state index contributed by atoms with van der Waals surface area (Å²) in [6.07, 6.45) is 4.35. The predicted molar refractivity (Wildman–Crippen MR) is 104 cm³/mol. The van der Waals surface area contributed by atoms with Gasteiger partial charge >= 0.3 is 0 Å². The molecule has 1 aromatic carbocycles. The molecule has 1 aromatic heterocycles. The Morgan fingerprint density at radius 1 is 1.15 bits per heavy atom. The number of benzene rings is 1. The Morgan fingerprint density at radius 2 is 1.92 bits per heavy atom. The summed E-state index contributed by atoms with van der Waals surface area (Å²) in [4.78, 5) is 11.2. The third-order valence-electron chi connectivity index (χ3n) is 4.33. The van der Waals surface area contributed by atoms with Gasteiger partial charge in [-0.15, -0.1) is 0 Å². The van der Waals surface area contributed by atoms with E-state index in [1.54, 1.807) is 14.2 Å². The Bertz CT molecular complexity index is 755. The van der Waals surface area contributed by atoms with Gasteiger partial charge in [0.1, 0.15) is 5.82 Å². The molecule has 7 heteroatoms. The normalized spacial score (nSPS) is 14.4. The van der Waals surface area contributed by atoms with Gasteiger partial charge in [-0.2, -0.15) is 0 Å². The van der Waals surface area contributed by atoms with Crippen molar-refractivity contribution in [1.82, 2.24) is 4.98 Å². The van der Waals surface area contributed by atoms with Gasteiger partial charge in [-0.05, 0) is 36.6 Å². The third kappa shape index (κ3) is 4.36. The van der Waals surface area contributed by atoms with Gasteiger partial charge in [-0.1, -0.05) is 6.07 Å². The monoisotopic (exact) mass is 355 g/mol. The molecule has 1 fully saturated rings. The van der Waals surface area contributed by atoms with Crippen molar-refractivity contribution in [1.29, 1.82) is 0 Å². The van der Waals surface area contributed by atoms with Crippen LogP contribution in [0.2, 0.25) is 0 Å². The average molecular weight is 355 g/mol. The van der Waals surface area contributed by atoms with Crippen LogP contribution in [0.15, 0.2) is 41.5 Å². The zero-order valence-electron chi connectivity index (χ0n) is 15.2. The number of hydrogen-bond donors (Lipinski definition) is 2. The molecular formula is C19H25N5O2. The van der Waals surface area contributed by atoms with Crippen molar-refractivity contribution in [2.75, 3.05) is 37.5 Å². The summed E-state index contributed by atoms with van der Waals surface area (Å²) in [7, 11) is 3.20. The lowest BCUT2D eigenvalue weighted by molar-refractivity contribution is 0.355. The summed E-state index contributed by atoms with van der Waals surface area (Å²) in [5, 5.41) is 3.06. The number of aliphatic imine (C=N–C) groups is 1. The molecule has 1 aliphatic rings. The van der Waals surface area contributed by atoms with Crippen LogP contribution in [0.25, 0.3) is 0 Å². The van der Waals surface area contributed by atoms with Gasteiger partial charge in [0.15, 0.2) is 17.5 Å². The van der Waals surface area contributed by atoms with E-state index in [2.05, 4.69) is 20.2 Å². The van der Waals surface area contributed by atoms with E-state index in [0.29, 0.717) is 24.0 Å². The number of ether oxygens (including phenoxy) is 2. The lowest BCUT2D eigenvalue weighted by atomic mass is 10.2.